The molecule has 22 heavy (non-hydrogen) atoms. The molecule has 2 fully saturated rings. The highest BCUT2D eigenvalue weighted by molar-refractivity contribution is 5.77. The number of fused-ring (bicyclic) bond motifs is 5. The lowest BCUT2D eigenvalue weighted by Crippen LogP contribution is -2.38. The first-order valence-electron chi connectivity index (χ1n) is 8.31. The molecule has 2 aliphatic heterocycles. The molecule has 0 saturated carbocycles. The minimum Gasteiger partial charge on any atom is -0.385 e. The van der Waals surface area contributed by atoms with Gasteiger partial charge in [0.2, 0.25) is 0 Å². The van der Waals surface area contributed by atoms with Crippen LogP contribution in [-0.4, -0.2) is 17.3 Å². The van der Waals surface area contributed by atoms with Gasteiger partial charge in [-0.05, 0) is 47.1 Å². The fraction of sp³-hybridized carbons (Fsp3) is 0.400. The van der Waals surface area contributed by atoms with E-state index in [2.05, 4.69) is 42.5 Å². The zero-order valence-corrected chi connectivity index (χ0v) is 12.6. The maximum absolute atomic E-state index is 11.2. The molecule has 2 aromatic carbocycles. The van der Waals surface area contributed by atoms with Crippen LogP contribution in [0.1, 0.15) is 42.4 Å². The molecule has 3 aliphatic rings. The average molecular weight is 292 g/mol. The number of benzene rings is 2. The molecule has 2 saturated heterocycles. The Balaban J connectivity index is 1.54. The summed E-state index contributed by atoms with van der Waals surface area (Å²) in [6, 6.07) is 15.2. The largest absolute Gasteiger partial charge is 0.385 e. The number of hydrogen-bond acceptors (Lipinski definition) is 2. The summed E-state index contributed by atoms with van der Waals surface area (Å²) < 4.78 is 5.90. The number of hydrogen-bond donors (Lipinski definition) is 1. The summed E-state index contributed by atoms with van der Waals surface area (Å²) in [4.78, 5) is 0. The SMILES string of the molecule is OC1(c2ccc3c(c2)Cc2ccccc2-3)CC2CCC(C1)O2. The fourth-order valence-corrected chi connectivity index (χ4v) is 4.59. The van der Waals surface area contributed by atoms with E-state index in [-0.39, 0.29) is 12.2 Å². The molecule has 0 radical (unpaired) electrons. The van der Waals surface area contributed by atoms with Gasteiger partial charge in [0, 0.05) is 12.8 Å². The Bertz CT molecular complexity index is 737. The van der Waals surface area contributed by atoms with Gasteiger partial charge in [-0.3, -0.25) is 0 Å². The van der Waals surface area contributed by atoms with Crippen molar-refractivity contribution in [2.24, 2.45) is 0 Å². The van der Waals surface area contributed by atoms with Crippen molar-refractivity contribution in [1.82, 2.24) is 0 Å². The second kappa shape index (κ2) is 4.43. The second-order valence-corrected chi connectivity index (χ2v) is 7.10. The van der Waals surface area contributed by atoms with Crippen molar-refractivity contribution in [2.75, 3.05) is 0 Å². The Labute approximate surface area is 130 Å². The predicted octanol–water partition coefficient (Wildman–Crippen LogP) is 3.79. The first kappa shape index (κ1) is 12.9. The van der Waals surface area contributed by atoms with Crippen molar-refractivity contribution in [3.8, 4) is 11.1 Å². The second-order valence-electron chi connectivity index (χ2n) is 7.10. The van der Waals surface area contributed by atoms with Gasteiger partial charge in [-0.1, -0.05) is 42.5 Å². The molecule has 2 aromatic rings. The maximum atomic E-state index is 11.2. The first-order valence-corrected chi connectivity index (χ1v) is 8.31. The molecule has 2 heteroatoms. The topological polar surface area (TPSA) is 29.5 Å². The molecule has 1 N–H and O–H groups in total. The van der Waals surface area contributed by atoms with Gasteiger partial charge < -0.3 is 9.84 Å². The van der Waals surface area contributed by atoms with E-state index in [0.717, 1.165) is 37.7 Å². The van der Waals surface area contributed by atoms with Crippen LogP contribution in [0.2, 0.25) is 0 Å². The van der Waals surface area contributed by atoms with Crippen LogP contribution in [0, 0.1) is 0 Å². The van der Waals surface area contributed by atoms with E-state index in [4.69, 9.17) is 4.74 Å². The first-order chi connectivity index (χ1) is 10.7. The monoisotopic (exact) mass is 292 g/mol. The molecule has 0 spiro atoms. The summed E-state index contributed by atoms with van der Waals surface area (Å²) >= 11 is 0. The number of rotatable bonds is 1. The summed E-state index contributed by atoms with van der Waals surface area (Å²) in [5, 5.41) is 11.2. The van der Waals surface area contributed by atoms with Crippen LogP contribution in [0.25, 0.3) is 11.1 Å². The molecule has 2 nitrogen and oxygen atoms in total. The van der Waals surface area contributed by atoms with E-state index in [9.17, 15) is 5.11 Å². The molecule has 112 valence electrons. The number of ether oxygens (including phenoxy) is 1. The summed E-state index contributed by atoms with van der Waals surface area (Å²) in [5.74, 6) is 0. The summed E-state index contributed by atoms with van der Waals surface area (Å²) in [6.07, 6.45) is 5.17. The van der Waals surface area contributed by atoms with Crippen LogP contribution in [0.4, 0.5) is 0 Å². The lowest BCUT2D eigenvalue weighted by Gasteiger charge is -2.37. The molecule has 5 rings (SSSR count). The molecule has 2 unspecified atom stereocenters. The van der Waals surface area contributed by atoms with Crippen LogP contribution in [0.15, 0.2) is 42.5 Å². The molecule has 2 heterocycles. The van der Waals surface area contributed by atoms with Crippen molar-refractivity contribution in [2.45, 2.75) is 49.9 Å². The van der Waals surface area contributed by atoms with E-state index in [1.807, 2.05) is 0 Å². The minimum absolute atomic E-state index is 0.245. The molecule has 1 aliphatic carbocycles. The van der Waals surface area contributed by atoms with Crippen molar-refractivity contribution < 1.29 is 9.84 Å². The molecule has 0 amide bonds. The highest BCUT2D eigenvalue weighted by atomic mass is 16.5. The van der Waals surface area contributed by atoms with Gasteiger partial charge in [-0.25, -0.2) is 0 Å². The van der Waals surface area contributed by atoms with E-state index in [1.54, 1.807) is 0 Å². The Morgan fingerprint density at radius 1 is 0.909 bits per heavy atom. The van der Waals surface area contributed by atoms with Crippen LogP contribution in [0.3, 0.4) is 0 Å². The van der Waals surface area contributed by atoms with Gasteiger partial charge in [0.05, 0.1) is 17.8 Å². The summed E-state index contributed by atoms with van der Waals surface area (Å²) in [6.45, 7) is 0. The fourth-order valence-electron chi connectivity index (χ4n) is 4.59. The van der Waals surface area contributed by atoms with Gasteiger partial charge >= 0.3 is 0 Å². The third-order valence-electron chi connectivity index (χ3n) is 5.66. The zero-order chi connectivity index (χ0) is 14.7. The molecular formula is C20H20O2. The van der Waals surface area contributed by atoms with Gasteiger partial charge in [-0.15, -0.1) is 0 Å². The zero-order valence-electron chi connectivity index (χ0n) is 12.6. The molecule has 2 atom stereocenters. The lowest BCUT2D eigenvalue weighted by molar-refractivity contribution is -0.115. The van der Waals surface area contributed by atoms with Crippen LogP contribution < -0.4 is 0 Å². The molecule has 0 aromatic heterocycles. The van der Waals surface area contributed by atoms with E-state index >= 15 is 0 Å². The lowest BCUT2D eigenvalue weighted by atomic mass is 9.82. The van der Waals surface area contributed by atoms with Gasteiger partial charge in [0.25, 0.3) is 0 Å². The molecule has 2 bridgehead atoms. The summed E-state index contributed by atoms with van der Waals surface area (Å²) in [5.41, 5.74) is 5.81. The van der Waals surface area contributed by atoms with E-state index < -0.39 is 5.60 Å². The van der Waals surface area contributed by atoms with Crippen LogP contribution >= 0.6 is 0 Å². The summed E-state index contributed by atoms with van der Waals surface area (Å²) in [7, 11) is 0. The van der Waals surface area contributed by atoms with Crippen LogP contribution in [-0.2, 0) is 16.8 Å². The minimum atomic E-state index is -0.701. The molecular weight excluding hydrogens is 272 g/mol. The predicted molar refractivity (Wildman–Crippen MR) is 85.7 cm³/mol. The quantitative estimate of drug-likeness (QED) is 0.739. The Kier molecular flexibility index (Phi) is 2.59. The Morgan fingerprint density at radius 2 is 1.64 bits per heavy atom. The van der Waals surface area contributed by atoms with Gasteiger partial charge in [0.15, 0.2) is 0 Å². The van der Waals surface area contributed by atoms with Gasteiger partial charge in [-0.2, -0.15) is 0 Å². The van der Waals surface area contributed by atoms with Crippen molar-refractivity contribution in [3.05, 3.63) is 59.2 Å². The third-order valence-corrected chi connectivity index (χ3v) is 5.66. The average Bonchev–Trinajstić information content (AvgIpc) is 3.06. The number of aliphatic hydroxyl groups is 1. The maximum Gasteiger partial charge on any atom is 0.0946 e. The Hall–Kier alpha value is -1.64. The van der Waals surface area contributed by atoms with Crippen molar-refractivity contribution in [3.63, 3.8) is 0 Å². The van der Waals surface area contributed by atoms with E-state index in [0.29, 0.717) is 0 Å². The van der Waals surface area contributed by atoms with Gasteiger partial charge in [0.1, 0.15) is 0 Å². The van der Waals surface area contributed by atoms with E-state index in [1.165, 1.54) is 22.3 Å². The smallest absolute Gasteiger partial charge is 0.0946 e. The van der Waals surface area contributed by atoms with Crippen molar-refractivity contribution in [1.29, 1.82) is 0 Å². The van der Waals surface area contributed by atoms with Crippen LogP contribution in [0.5, 0.6) is 0 Å². The Morgan fingerprint density at radius 3 is 2.45 bits per heavy atom. The highest BCUT2D eigenvalue weighted by Gasteiger charge is 2.44. The normalized spacial score (nSPS) is 31.9. The standard InChI is InChI=1S/C20H20O2/c21-20(11-16-6-7-17(12-20)22-16)15-5-8-19-14(10-15)9-13-3-1-2-4-18(13)19/h1-5,8,10,16-17,21H,6-7,9,11-12H2. The highest BCUT2D eigenvalue weighted by Crippen LogP contribution is 2.46. The van der Waals surface area contributed by atoms with Crippen molar-refractivity contribution >= 4 is 0 Å². The third kappa shape index (κ3) is 1.81.